The van der Waals surface area contributed by atoms with Crippen molar-refractivity contribution in [1.82, 2.24) is 9.96 Å². The Morgan fingerprint density at radius 3 is 2.88 bits per heavy atom. The molecule has 1 aliphatic heterocycles. The first-order valence-electron chi connectivity index (χ1n) is 5.72. The maximum atomic E-state index is 11.5. The minimum atomic E-state index is 0.0190. The van der Waals surface area contributed by atoms with E-state index in [4.69, 9.17) is 9.57 Å². The van der Waals surface area contributed by atoms with Crippen molar-refractivity contribution in [2.45, 2.75) is 25.3 Å². The molecule has 1 atom stereocenters. The number of hydrogen-bond acceptors (Lipinski definition) is 4. The molecule has 1 fully saturated rings. The summed E-state index contributed by atoms with van der Waals surface area (Å²) in [6, 6.07) is 0.477. The van der Waals surface area contributed by atoms with Crippen LogP contribution in [-0.4, -0.2) is 62.9 Å². The molecule has 0 saturated carbocycles. The van der Waals surface area contributed by atoms with Gasteiger partial charge in [-0.1, -0.05) is 0 Å². The van der Waals surface area contributed by atoms with Crippen LogP contribution >= 0.6 is 0 Å². The summed E-state index contributed by atoms with van der Waals surface area (Å²) in [6.07, 6.45) is 2.87. The molecule has 94 valence electrons. The van der Waals surface area contributed by atoms with Crippen LogP contribution in [0, 0.1) is 0 Å². The van der Waals surface area contributed by atoms with Crippen LogP contribution in [0.25, 0.3) is 0 Å². The quantitative estimate of drug-likeness (QED) is 0.623. The van der Waals surface area contributed by atoms with Gasteiger partial charge in [-0.3, -0.25) is 14.5 Å². The highest BCUT2D eigenvalue weighted by Crippen LogP contribution is 2.17. The van der Waals surface area contributed by atoms with Crippen LogP contribution in [0.4, 0.5) is 0 Å². The molecule has 5 heteroatoms. The summed E-state index contributed by atoms with van der Waals surface area (Å²) in [5.41, 5.74) is 0. The van der Waals surface area contributed by atoms with E-state index in [2.05, 4.69) is 4.90 Å². The van der Waals surface area contributed by atoms with Gasteiger partial charge in [0, 0.05) is 33.2 Å². The van der Waals surface area contributed by atoms with E-state index >= 15 is 0 Å². The molecule has 0 aromatic rings. The molecule has 0 bridgehead atoms. The van der Waals surface area contributed by atoms with Crippen molar-refractivity contribution in [1.29, 1.82) is 0 Å². The van der Waals surface area contributed by atoms with E-state index in [9.17, 15) is 4.79 Å². The van der Waals surface area contributed by atoms with Crippen LogP contribution < -0.4 is 0 Å². The normalized spacial score (nSPS) is 21.3. The summed E-state index contributed by atoms with van der Waals surface area (Å²) in [6.45, 7) is 2.62. The summed E-state index contributed by atoms with van der Waals surface area (Å²) >= 11 is 0. The number of rotatable bonds is 6. The lowest BCUT2D eigenvalue weighted by Gasteiger charge is -2.24. The van der Waals surface area contributed by atoms with Crippen molar-refractivity contribution < 1.29 is 14.4 Å². The largest absolute Gasteiger partial charge is 0.383 e. The third kappa shape index (κ3) is 3.73. The van der Waals surface area contributed by atoms with Gasteiger partial charge >= 0.3 is 0 Å². The van der Waals surface area contributed by atoms with Gasteiger partial charge < -0.3 is 4.74 Å². The number of likely N-dealkylation sites (tertiary alicyclic amines) is 1. The van der Waals surface area contributed by atoms with Gasteiger partial charge in [-0.2, -0.15) is 0 Å². The molecule has 0 unspecified atom stereocenters. The van der Waals surface area contributed by atoms with Crippen LogP contribution in [0.5, 0.6) is 0 Å². The second-order valence-corrected chi connectivity index (χ2v) is 4.11. The Labute approximate surface area is 97.2 Å². The van der Waals surface area contributed by atoms with Crippen LogP contribution in [0.2, 0.25) is 0 Å². The number of amides is 1. The average molecular weight is 230 g/mol. The Morgan fingerprint density at radius 1 is 1.50 bits per heavy atom. The summed E-state index contributed by atoms with van der Waals surface area (Å²) in [5, 5.41) is 1.28. The number of hydrogen-bond donors (Lipinski definition) is 0. The summed E-state index contributed by atoms with van der Waals surface area (Å²) in [5.74, 6) is 0.0190. The van der Waals surface area contributed by atoms with Gasteiger partial charge in [-0.05, 0) is 19.4 Å². The first kappa shape index (κ1) is 13.4. The van der Waals surface area contributed by atoms with Gasteiger partial charge in [0.05, 0.1) is 13.7 Å². The molecule has 0 aromatic carbocycles. The van der Waals surface area contributed by atoms with Crippen molar-refractivity contribution >= 4 is 5.91 Å². The van der Waals surface area contributed by atoms with Gasteiger partial charge in [0.25, 0.3) is 0 Å². The summed E-state index contributed by atoms with van der Waals surface area (Å²) < 4.78 is 5.17. The zero-order valence-electron chi connectivity index (χ0n) is 10.4. The fraction of sp³-hybridized carbons (Fsp3) is 0.909. The molecular weight excluding hydrogens is 208 g/mol. The minimum Gasteiger partial charge on any atom is -0.383 e. The SMILES string of the molecule is COC[C@H]1CCCN1CCC(=O)N(C)OC. The molecule has 1 amide bonds. The molecule has 1 rings (SSSR count). The van der Waals surface area contributed by atoms with Gasteiger partial charge in [-0.15, -0.1) is 0 Å². The van der Waals surface area contributed by atoms with Crippen LogP contribution in [-0.2, 0) is 14.4 Å². The van der Waals surface area contributed by atoms with E-state index in [0.29, 0.717) is 12.5 Å². The fourth-order valence-electron chi connectivity index (χ4n) is 2.07. The number of carbonyl (C=O) groups is 1. The van der Waals surface area contributed by atoms with Crippen molar-refractivity contribution in [3.8, 4) is 0 Å². The Kier molecular flexibility index (Phi) is 5.73. The Balaban J connectivity index is 2.28. The van der Waals surface area contributed by atoms with Crippen LogP contribution in [0.1, 0.15) is 19.3 Å². The number of nitrogens with zero attached hydrogens (tertiary/aromatic N) is 2. The lowest BCUT2D eigenvalue weighted by atomic mass is 10.2. The molecule has 16 heavy (non-hydrogen) atoms. The van der Waals surface area contributed by atoms with E-state index in [0.717, 1.165) is 19.7 Å². The minimum absolute atomic E-state index is 0.0190. The molecule has 0 radical (unpaired) electrons. The number of ether oxygens (including phenoxy) is 1. The van der Waals surface area contributed by atoms with Gasteiger partial charge in [-0.25, -0.2) is 5.06 Å². The van der Waals surface area contributed by atoms with E-state index in [1.807, 2.05) is 0 Å². The first-order chi connectivity index (χ1) is 7.69. The predicted octanol–water partition coefficient (Wildman–Crippen LogP) is 0.507. The molecule has 1 saturated heterocycles. The predicted molar refractivity (Wildman–Crippen MR) is 60.9 cm³/mol. The maximum Gasteiger partial charge on any atom is 0.247 e. The van der Waals surface area contributed by atoms with E-state index < -0.39 is 0 Å². The average Bonchev–Trinajstić information content (AvgIpc) is 2.73. The molecule has 0 aliphatic carbocycles. The Hall–Kier alpha value is -0.650. The molecule has 0 aromatic heterocycles. The Morgan fingerprint density at radius 2 is 2.25 bits per heavy atom. The van der Waals surface area contributed by atoms with E-state index in [1.165, 1.54) is 25.0 Å². The van der Waals surface area contributed by atoms with Crippen molar-refractivity contribution in [3.63, 3.8) is 0 Å². The van der Waals surface area contributed by atoms with Crippen molar-refractivity contribution in [2.75, 3.05) is 41.0 Å². The molecule has 5 nitrogen and oxygen atoms in total. The van der Waals surface area contributed by atoms with Crippen molar-refractivity contribution in [2.24, 2.45) is 0 Å². The first-order valence-corrected chi connectivity index (χ1v) is 5.72. The van der Waals surface area contributed by atoms with Gasteiger partial charge in [0.2, 0.25) is 5.91 Å². The second-order valence-electron chi connectivity index (χ2n) is 4.11. The third-order valence-electron chi connectivity index (χ3n) is 3.10. The van der Waals surface area contributed by atoms with Crippen LogP contribution in [0.3, 0.4) is 0 Å². The highest BCUT2D eigenvalue weighted by Gasteiger charge is 2.24. The van der Waals surface area contributed by atoms with E-state index in [1.54, 1.807) is 14.2 Å². The zero-order chi connectivity index (χ0) is 12.0. The lowest BCUT2D eigenvalue weighted by molar-refractivity contribution is -0.169. The molecule has 1 aliphatic rings. The highest BCUT2D eigenvalue weighted by molar-refractivity contribution is 5.74. The number of methoxy groups -OCH3 is 1. The third-order valence-corrected chi connectivity index (χ3v) is 3.10. The maximum absolute atomic E-state index is 11.5. The molecular formula is C11H22N2O3. The standard InChI is InChI=1S/C11H22N2O3/c1-12(16-3)11(14)6-8-13-7-4-5-10(13)9-15-2/h10H,4-9H2,1-3H3/t10-/m1/s1. The van der Waals surface area contributed by atoms with Crippen LogP contribution in [0.15, 0.2) is 0 Å². The van der Waals surface area contributed by atoms with Gasteiger partial charge in [0.15, 0.2) is 0 Å². The summed E-state index contributed by atoms with van der Waals surface area (Å²) in [4.78, 5) is 18.7. The molecule has 1 heterocycles. The summed E-state index contributed by atoms with van der Waals surface area (Å²) in [7, 11) is 4.86. The smallest absolute Gasteiger partial charge is 0.247 e. The highest BCUT2D eigenvalue weighted by atomic mass is 16.7. The lowest BCUT2D eigenvalue weighted by Crippen LogP contribution is -2.36. The number of hydroxylamine groups is 2. The molecule has 0 spiro atoms. The Bertz CT molecular complexity index is 223. The van der Waals surface area contributed by atoms with Gasteiger partial charge in [0.1, 0.15) is 0 Å². The monoisotopic (exact) mass is 230 g/mol. The second kappa shape index (κ2) is 6.83. The zero-order valence-corrected chi connectivity index (χ0v) is 10.4. The molecule has 0 N–H and O–H groups in total. The van der Waals surface area contributed by atoms with E-state index in [-0.39, 0.29) is 5.91 Å². The fourth-order valence-corrected chi connectivity index (χ4v) is 2.07. The topological polar surface area (TPSA) is 42.0 Å². The van der Waals surface area contributed by atoms with Crippen molar-refractivity contribution in [3.05, 3.63) is 0 Å². The number of carbonyl (C=O) groups excluding carboxylic acids is 1.